The van der Waals surface area contributed by atoms with Gasteiger partial charge in [-0.2, -0.15) is 4.98 Å². The zero-order valence-corrected chi connectivity index (χ0v) is 13.3. The van der Waals surface area contributed by atoms with Crippen LogP contribution in [0.5, 0.6) is 0 Å². The van der Waals surface area contributed by atoms with E-state index in [4.69, 9.17) is 11.6 Å². The lowest BCUT2D eigenvalue weighted by molar-refractivity contribution is 0.654. The fourth-order valence-electron chi connectivity index (χ4n) is 2.94. The van der Waals surface area contributed by atoms with E-state index in [2.05, 4.69) is 32.5 Å². The number of thiophene rings is 1. The van der Waals surface area contributed by atoms with Gasteiger partial charge in [0.15, 0.2) is 5.82 Å². The van der Waals surface area contributed by atoms with Gasteiger partial charge in [0.1, 0.15) is 11.2 Å². The van der Waals surface area contributed by atoms with Crippen molar-refractivity contribution in [3.05, 3.63) is 33.9 Å². The first kappa shape index (κ1) is 13.2. The van der Waals surface area contributed by atoms with Crippen LogP contribution in [0.3, 0.4) is 0 Å². The van der Waals surface area contributed by atoms with Crippen LogP contribution in [-0.2, 0) is 19.3 Å². The molecule has 0 aromatic carbocycles. The maximum Gasteiger partial charge on any atom is 0.225 e. The minimum absolute atomic E-state index is 0.306. The van der Waals surface area contributed by atoms with E-state index in [-0.39, 0.29) is 0 Å². The van der Waals surface area contributed by atoms with Crippen LogP contribution in [0.4, 0.5) is 0 Å². The largest absolute Gasteiger partial charge is 0.286 e. The highest BCUT2D eigenvalue weighted by Gasteiger charge is 2.19. The molecule has 6 heteroatoms. The lowest BCUT2D eigenvalue weighted by atomic mass is 10.0. The van der Waals surface area contributed by atoms with E-state index in [1.807, 2.05) is 6.33 Å². The molecule has 1 aliphatic rings. The minimum Gasteiger partial charge on any atom is -0.286 e. The maximum absolute atomic E-state index is 6.13. The first-order valence-corrected chi connectivity index (χ1v) is 8.47. The molecule has 0 N–H and O–H groups in total. The van der Waals surface area contributed by atoms with Crippen molar-refractivity contribution in [3.63, 3.8) is 0 Å². The van der Waals surface area contributed by atoms with Gasteiger partial charge in [-0.3, -0.25) is 4.57 Å². The lowest BCUT2D eigenvalue weighted by Crippen LogP contribution is -2.08. The Kier molecular flexibility index (Phi) is 3.19. The summed E-state index contributed by atoms with van der Waals surface area (Å²) in [5.74, 6) is 0.872. The van der Waals surface area contributed by atoms with E-state index < -0.39 is 0 Å². The summed E-state index contributed by atoms with van der Waals surface area (Å²) in [6.07, 6.45) is 7.45. The highest BCUT2D eigenvalue weighted by Crippen LogP contribution is 2.31. The van der Waals surface area contributed by atoms with E-state index in [1.165, 1.54) is 29.1 Å². The second kappa shape index (κ2) is 5.07. The second-order valence-corrected chi connectivity index (χ2v) is 6.77. The molecular formula is C15H15ClN4S. The molecule has 0 spiro atoms. The van der Waals surface area contributed by atoms with E-state index in [0.717, 1.165) is 35.3 Å². The Balaban J connectivity index is 1.97. The molecule has 108 valence electrons. The molecule has 21 heavy (non-hydrogen) atoms. The number of rotatable bonds is 2. The SMILES string of the molecule is CCc1cc2c(-n3cnc4c3CCCC4)nc(Cl)nc2s1. The number of hydrogen-bond donors (Lipinski definition) is 0. The van der Waals surface area contributed by atoms with Crippen LogP contribution in [-0.4, -0.2) is 19.5 Å². The molecule has 0 atom stereocenters. The molecule has 3 aromatic heterocycles. The summed E-state index contributed by atoms with van der Waals surface area (Å²) < 4.78 is 2.11. The van der Waals surface area contributed by atoms with Crippen molar-refractivity contribution in [1.82, 2.24) is 19.5 Å². The van der Waals surface area contributed by atoms with Crippen molar-refractivity contribution in [2.24, 2.45) is 0 Å². The van der Waals surface area contributed by atoms with Crippen molar-refractivity contribution in [2.75, 3.05) is 0 Å². The summed E-state index contributed by atoms with van der Waals surface area (Å²) in [6.45, 7) is 2.15. The molecular weight excluding hydrogens is 304 g/mol. The van der Waals surface area contributed by atoms with Crippen LogP contribution >= 0.6 is 22.9 Å². The Morgan fingerprint density at radius 1 is 1.29 bits per heavy atom. The van der Waals surface area contributed by atoms with Crippen LogP contribution in [0.1, 0.15) is 36.0 Å². The first-order valence-electron chi connectivity index (χ1n) is 7.27. The van der Waals surface area contributed by atoms with Crippen molar-refractivity contribution < 1.29 is 0 Å². The van der Waals surface area contributed by atoms with E-state index in [0.29, 0.717) is 5.28 Å². The van der Waals surface area contributed by atoms with Gasteiger partial charge in [0.05, 0.1) is 11.1 Å². The molecule has 0 fully saturated rings. The van der Waals surface area contributed by atoms with Gasteiger partial charge >= 0.3 is 0 Å². The number of hydrogen-bond acceptors (Lipinski definition) is 4. The van der Waals surface area contributed by atoms with Gasteiger partial charge in [-0.15, -0.1) is 11.3 Å². The fourth-order valence-corrected chi connectivity index (χ4v) is 4.12. The normalized spacial score (nSPS) is 14.6. The van der Waals surface area contributed by atoms with Gasteiger partial charge in [0.2, 0.25) is 5.28 Å². The number of aryl methyl sites for hydroxylation is 2. The third kappa shape index (κ3) is 2.15. The van der Waals surface area contributed by atoms with Gasteiger partial charge in [-0.05, 0) is 49.8 Å². The molecule has 0 saturated heterocycles. The topological polar surface area (TPSA) is 43.6 Å². The standard InChI is InChI=1S/C15H15ClN4S/c1-2-9-7-10-13(18-15(16)19-14(10)21-9)20-8-17-11-5-3-4-6-12(11)20/h7-8H,2-6H2,1H3. The first-order chi connectivity index (χ1) is 10.3. The van der Waals surface area contributed by atoms with Gasteiger partial charge in [0.25, 0.3) is 0 Å². The van der Waals surface area contributed by atoms with Gasteiger partial charge in [-0.25, -0.2) is 9.97 Å². The third-order valence-corrected chi connectivity index (χ3v) is 5.35. The number of halogens is 1. The Labute approximate surface area is 131 Å². The Hall–Kier alpha value is -1.46. The molecule has 0 aliphatic heterocycles. The Morgan fingerprint density at radius 3 is 3.00 bits per heavy atom. The van der Waals surface area contributed by atoms with Crippen LogP contribution in [0.2, 0.25) is 5.28 Å². The van der Waals surface area contributed by atoms with Crippen LogP contribution in [0, 0.1) is 0 Å². The molecule has 3 heterocycles. The summed E-state index contributed by atoms with van der Waals surface area (Å²) in [7, 11) is 0. The predicted molar refractivity (Wildman–Crippen MR) is 85.6 cm³/mol. The van der Waals surface area contributed by atoms with E-state index in [9.17, 15) is 0 Å². The fraction of sp³-hybridized carbons (Fsp3) is 0.400. The molecule has 0 saturated carbocycles. The van der Waals surface area contributed by atoms with Crippen molar-refractivity contribution in [3.8, 4) is 5.82 Å². The molecule has 3 aromatic rings. The monoisotopic (exact) mass is 318 g/mol. The smallest absolute Gasteiger partial charge is 0.225 e. The van der Waals surface area contributed by atoms with Crippen molar-refractivity contribution in [2.45, 2.75) is 39.0 Å². The molecule has 0 bridgehead atoms. The molecule has 4 rings (SSSR count). The molecule has 4 nitrogen and oxygen atoms in total. The number of nitrogens with zero attached hydrogens (tertiary/aromatic N) is 4. The highest BCUT2D eigenvalue weighted by atomic mass is 35.5. The number of fused-ring (bicyclic) bond motifs is 2. The number of aromatic nitrogens is 4. The van der Waals surface area contributed by atoms with Crippen molar-refractivity contribution >= 4 is 33.2 Å². The molecule has 0 amide bonds. The molecule has 0 unspecified atom stereocenters. The highest BCUT2D eigenvalue weighted by molar-refractivity contribution is 7.18. The molecule has 0 radical (unpaired) electrons. The van der Waals surface area contributed by atoms with E-state index >= 15 is 0 Å². The second-order valence-electron chi connectivity index (χ2n) is 5.32. The van der Waals surface area contributed by atoms with Gasteiger partial charge < -0.3 is 0 Å². The summed E-state index contributed by atoms with van der Waals surface area (Å²) >= 11 is 7.82. The zero-order chi connectivity index (χ0) is 14.4. The summed E-state index contributed by atoms with van der Waals surface area (Å²) in [6, 6.07) is 2.18. The summed E-state index contributed by atoms with van der Waals surface area (Å²) in [4.78, 5) is 15.7. The quantitative estimate of drug-likeness (QED) is 0.671. The minimum atomic E-state index is 0.306. The van der Waals surface area contributed by atoms with Gasteiger partial charge in [0, 0.05) is 10.6 Å². The van der Waals surface area contributed by atoms with E-state index in [1.54, 1.807) is 11.3 Å². The predicted octanol–water partition coefficient (Wildman–Crippen LogP) is 3.97. The zero-order valence-electron chi connectivity index (χ0n) is 11.8. The summed E-state index contributed by atoms with van der Waals surface area (Å²) in [5, 5.41) is 1.38. The number of imidazole rings is 1. The van der Waals surface area contributed by atoms with Crippen LogP contribution in [0.15, 0.2) is 12.4 Å². The third-order valence-electron chi connectivity index (χ3n) is 4.00. The van der Waals surface area contributed by atoms with Crippen LogP contribution < -0.4 is 0 Å². The maximum atomic E-state index is 6.13. The van der Waals surface area contributed by atoms with Crippen molar-refractivity contribution in [1.29, 1.82) is 0 Å². The lowest BCUT2D eigenvalue weighted by Gasteiger charge is -2.14. The average Bonchev–Trinajstić information content (AvgIpc) is 3.09. The summed E-state index contributed by atoms with van der Waals surface area (Å²) in [5.41, 5.74) is 2.48. The van der Waals surface area contributed by atoms with Gasteiger partial charge in [-0.1, -0.05) is 6.92 Å². The Morgan fingerprint density at radius 2 is 2.14 bits per heavy atom. The average molecular weight is 319 g/mol. The molecule has 1 aliphatic carbocycles. The Bertz CT molecular complexity index is 821. The van der Waals surface area contributed by atoms with Crippen LogP contribution in [0.25, 0.3) is 16.0 Å².